The van der Waals surface area contributed by atoms with Gasteiger partial charge in [-0.2, -0.15) is 26.3 Å². The summed E-state index contributed by atoms with van der Waals surface area (Å²) in [6.45, 7) is -1.52. The lowest BCUT2D eigenvalue weighted by molar-refractivity contribution is -0.275. The number of alkyl halides is 6. The molecule has 0 unspecified atom stereocenters. The van der Waals surface area contributed by atoms with Gasteiger partial charge in [-0.05, 0) is 30.3 Å². The van der Waals surface area contributed by atoms with E-state index in [-0.39, 0.29) is 31.8 Å². The first-order valence-corrected chi connectivity index (χ1v) is 11.0. The van der Waals surface area contributed by atoms with E-state index in [1.54, 1.807) is 5.32 Å². The molecule has 1 aliphatic heterocycles. The Hall–Kier alpha value is -2.18. The standard InChI is InChI=1S/C20H13Cl2F7N2O2S/c21-12-4-11(5-13(22)6-12)18(20(27,28)29)7-15(31-33-18)10-1-2-16(14(23)3-10)34-8-17(32)30-9-19(24,25)26/h1-6H,7-9H2,(H,30,32)/t18-/m0/s1. The highest BCUT2D eigenvalue weighted by Gasteiger charge is 2.62. The van der Waals surface area contributed by atoms with Crippen LogP contribution in [-0.4, -0.2) is 36.3 Å². The number of rotatable bonds is 6. The molecule has 14 heteroatoms. The van der Waals surface area contributed by atoms with Crippen molar-refractivity contribution in [3.63, 3.8) is 0 Å². The predicted molar refractivity (Wildman–Crippen MR) is 113 cm³/mol. The van der Waals surface area contributed by atoms with Gasteiger partial charge in [-0.15, -0.1) is 11.8 Å². The fourth-order valence-corrected chi connectivity index (χ4v) is 4.31. The number of nitrogens with one attached hydrogen (secondary N) is 1. The molecule has 1 aliphatic rings. The minimum Gasteiger partial charge on any atom is -0.374 e. The third-order valence-electron chi connectivity index (χ3n) is 4.62. The number of halogens is 9. The highest BCUT2D eigenvalue weighted by atomic mass is 35.5. The quantitative estimate of drug-likeness (QED) is 0.332. The molecule has 184 valence electrons. The molecule has 1 heterocycles. The first-order valence-electron chi connectivity index (χ1n) is 9.25. The summed E-state index contributed by atoms with van der Waals surface area (Å²) in [6, 6.07) is 6.68. The summed E-state index contributed by atoms with van der Waals surface area (Å²) in [7, 11) is 0. The third kappa shape index (κ3) is 6.08. The van der Waals surface area contributed by atoms with Crippen molar-refractivity contribution in [1.82, 2.24) is 5.32 Å². The summed E-state index contributed by atoms with van der Waals surface area (Å²) in [4.78, 5) is 16.2. The minimum absolute atomic E-state index is 0.0115. The average molecular weight is 549 g/mol. The minimum atomic E-state index is -4.93. The molecule has 0 saturated carbocycles. The summed E-state index contributed by atoms with van der Waals surface area (Å²) in [5, 5.41) is 5.07. The van der Waals surface area contributed by atoms with Gasteiger partial charge >= 0.3 is 12.4 Å². The molecule has 0 fully saturated rings. The molecular formula is C20H13Cl2F7N2O2S. The summed E-state index contributed by atoms with van der Waals surface area (Å²) in [5.41, 5.74) is -3.49. The average Bonchev–Trinajstić information content (AvgIpc) is 3.17. The monoisotopic (exact) mass is 548 g/mol. The van der Waals surface area contributed by atoms with Crippen LogP contribution in [0.4, 0.5) is 30.7 Å². The van der Waals surface area contributed by atoms with Crippen molar-refractivity contribution in [3.05, 3.63) is 63.4 Å². The Balaban J connectivity index is 1.76. The van der Waals surface area contributed by atoms with E-state index in [1.807, 2.05) is 0 Å². The lowest BCUT2D eigenvalue weighted by atomic mass is 9.86. The number of hydrogen-bond donors (Lipinski definition) is 1. The van der Waals surface area contributed by atoms with E-state index in [0.29, 0.717) is 11.8 Å². The molecule has 1 amide bonds. The Bertz CT molecular complexity index is 1100. The Morgan fingerprint density at radius 2 is 1.74 bits per heavy atom. The molecule has 0 bridgehead atoms. The zero-order valence-electron chi connectivity index (χ0n) is 16.7. The van der Waals surface area contributed by atoms with Crippen molar-refractivity contribution in [2.24, 2.45) is 5.16 Å². The third-order valence-corrected chi connectivity index (χ3v) is 6.11. The van der Waals surface area contributed by atoms with Crippen LogP contribution in [0.3, 0.4) is 0 Å². The number of carbonyl (C=O) groups excluding carboxylic acids is 1. The first-order chi connectivity index (χ1) is 15.7. The van der Waals surface area contributed by atoms with E-state index < -0.39 is 48.4 Å². The molecule has 4 nitrogen and oxygen atoms in total. The summed E-state index contributed by atoms with van der Waals surface area (Å²) in [6.07, 6.45) is -10.3. The summed E-state index contributed by atoms with van der Waals surface area (Å²) < 4.78 is 93.0. The number of carbonyl (C=O) groups is 1. The molecule has 3 rings (SSSR count). The van der Waals surface area contributed by atoms with Crippen molar-refractivity contribution < 1.29 is 40.4 Å². The van der Waals surface area contributed by atoms with Crippen molar-refractivity contribution in [3.8, 4) is 0 Å². The number of oxime groups is 1. The molecular weight excluding hydrogens is 536 g/mol. The van der Waals surface area contributed by atoms with Crippen LogP contribution in [-0.2, 0) is 15.2 Å². The van der Waals surface area contributed by atoms with E-state index in [9.17, 15) is 35.5 Å². The summed E-state index contributed by atoms with van der Waals surface area (Å²) in [5.74, 6) is -2.36. The topological polar surface area (TPSA) is 50.7 Å². The van der Waals surface area contributed by atoms with Gasteiger partial charge in [-0.1, -0.05) is 34.4 Å². The van der Waals surface area contributed by atoms with Gasteiger partial charge in [0.2, 0.25) is 5.91 Å². The van der Waals surface area contributed by atoms with Crippen LogP contribution in [0, 0.1) is 5.82 Å². The molecule has 2 aromatic carbocycles. The number of benzene rings is 2. The molecule has 0 saturated heterocycles. The maximum atomic E-state index is 14.5. The maximum absolute atomic E-state index is 14.5. The molecule has 2 aromatic rings. The van der Waals surface area contributed by atoms with Crippen molar-refractivity contribution in [1.29, 1.82) is 0 Å². The fraction of sp³-hybridized carbons (Fsp3) is 0.300. The number of nitrogens with zero attached hydrogens (tertiary/aromatic N) is 1. The van der Waals surface area contributed by atoms with E-state index in [0.717, 1.165) is 18.2 Å². The number of hydrogen-bond acceptors (Lipinski definition) is 4. The van der Waals surface area contributed by atoms with Gasteiger partial charge in [-0.3, -0.25) is 4.79 Å². The second-order valence-corrected chi connectivity index (χ2v) is 9.00. The van der Waals surface area contributed by atoms with Gasteiger partial charge in [0, 0.05) is 32.5 Å². The largest absolute Gasteiger partial charge is 0.435 e. The zero-order valence-corrected chi connectivity index (χ0v) is 19.0. The second-order valence-electron chi connectivity index (χ2n) is 7.11. The second kappa shape index (κ2) is 9.82. The number of thioether (sulfide) groups is 1. The molecule has 34 heavy (non-hydrogen) atoms. The molecule has 1 N–H and O–H groups in total. The first kappa shape index (κ1) is 26.4. The molecule has 1 atom stereocenters. The van der Waals surface area contributed by atoms with Gasteiger partial charge in [0.1, 0.15) is 12.4 Å². The normalized spacial score (nSPS) is 18.4. The molecule has 0 radical (unpaired) electrons. The van der Waals surface area contributed by atoms with Crippen LogP contribution >= 0.6 is 35.0 Å². The Morgan fingerprint density at radius 1 is 1.09 bits per heavy atom. The highest BCUT2D eigenvalue weighted by molar-refractivity contribution is 8.00. The Kier molecular flexibility index (Phi) is 7.63. The van der Waals surface area contributed by atoms with Crippen LogP contribution in [0.5, 0.6) is 0 Å². The van der Waals surface area contributed by atoms with E-state index in [4.69, 9.17) is 28.0 Å². The smallest absolute Gasteiger partial charge is 0.374 e. The van der Waals surface area contributed by atoms with Gasteiger partial charge in [0.05, 0.1) is 11.5 Å². The van der Waals surface area contributed by atoms with Crippen LogP contribution in [0.25, 0.3) is 0 Å². The van der Waals surface area contributed by atoms with Crippen LogP contribution in [0.1, 0.15) is 17.5 Å². The van der Waals surface area contributed by atoms with Crippen LogP contribution < -0.4 is 5.32 Å². The van der Waals surface area contributed by atoms with Crippen molar-refractivity contribution >= 4 is 46.6 Å². The van der Waals surface area contributed by atoms with Gasteiger partial charge < -0.3 is 10.2 Å². The van der Waals surface area contributed by atoms with E-state index >= 15 is 0 Å². The van der Waals surface area contributed by atoms with Crippen LogP contribution in [0.15, 0.2) is 46.4 Å². The Morgan fingerprint density at radius 3 is 2.29 bits per heavy atom. The molecule has 0 spiro atoms. The molecule has 0 aliphatic carbocycles. The lowest BCUT2D eigenvalue weighted by Gasteiger charge is -2.29. The van der Waals surface area contributed by atoms with Gasteiger partial charge in [0.15, 0.2) is 0 Å². The van der Waals surface area contributed by atoms with E-state index in [1.165, 1.54) is 18.2 Å². The molecule has 0 aromatic heterocycles. The Labute approximate surface area is 202 Å². The SMILES string of the molecule is O=C(CSc1ccc(C2=NO[C@@](c3cc(Cl)cc(Cl)c3)(C(F)(F)F)C2)cc1F)NCC(F)(F)F. The fourth-order valence-electron chi connectivity index (χ4n) is 3.04. The van der Waals surface area contributed by atoms with Crippen molar-refractivity contribution in [2.45, 2.75) is 29.3 Å². The maximum Gasteiger partial charge on any atom is 0.435 e. The van der Waals surface area contributed by atoms with Crippen LogP contribution in [0.2, 0.25) is 10.0 Å². The summed E-state index contributed by atoms with van der Waals surface area (Å²) >= 11 is 12.3. The highest BCUT2D eigenvalue weighted by Crippen LogP contribution is 2.49. The van der Waals surface area contributed by atoms with Crippen molar-refractivity contribution in [2.75, 3.05) is 12.3 Å². The lowest BCUT2D eigenvalue weighted by Crippen LogP contribution is -2.42. The number of amides is 1. The van der Waals surface area contributed by atoms with Gasteiger partial charge in [0.25, 0.3) is 5.60 Å². The van der Waals surface area contributed by atoms with Gasteiger partial charge in [-0.25, -0.2) is 4.39 Å². The zero-order chi connectivity index (χ0) is 25.3. The van der Waals surface area contributed by atoms with E-state index in [2.05, 4.69) is 5.16 Å². The predicted octanol–water partition coefficient (Wildman–Crippen LogP) is 6.49.